The van der Waals surface area contributed by atoms with E-state index in [0.29, 0.717) is 17.9 Å². The summed E-state index contributed by atoms with van der Waals surface area (Å²) in [5.41, 5.74) is 0. The van der Waals surface area contributed by atoms with Gasteiger partial charge in [0, 0.05) is 6.04 Å². The molecule has 3 nitrogen and oxygen atoms in total. The molecule has 1 aliphatic heterocycles. The lowest BCUT2D eigenvalue weighted by Crippen LogP contribution is -2.41. The third-order valence-corrected chi connectivity index (χ3v) is 4.53. The zero-order valence-electron chi connectivity index (χ0n) is 11.4. The number of rotatable bonds is 3. The lowest BCUT2D eigenvalue weighted by molar-refractivity contribution is -0.132. The number of hydrogen-bond acceptors (Lipinski definition) is 2. The topological polar surface area (TPSA) is 32.3 Å². The van der Waals surface area contributed by atoms with Crippen molar-refractivity contribution in [3.63, 3.8) is 0 Å². The van der Waals surface area contributed by atoms with Gasteiger partial charge < -0.3 is 4.90 Å². The van der Waals surface area contributed by atoms with Crippen molar-refractivity contribution in [3.05, 3.63) is 0 Å². The summed E-state index contributed by atoms with van der Waals surface area (Å²) in [6.45, 7) is 7.28. The molecular formula is C14H26N2O. The van der Waals surface area contributed by atoms with Gasteiger partial charge in [0.05, 0.1) is 12.7 Å². The van der Waals surface area contributed by atoms with E-state index in [1.54, 1.807) is 0 Å². The van der Waals surface area contributed by atoms with Crippen molar-refractivity contribution in [2.24, 2.45) is 11.8 Å². The molecule has 2 fully saturated rings. The summed E-state index contributed by atoms with van der Waals surface area (Å²) < 4.78 is 0. The van der Waals surface area contributed by atoms with Gasteiger partial charge in [-0.1, -0.05) is 27.2 Å². The molecule has 0 bridgehead atoms. The van der Waals surface area contributed by atoms with Crippen molar-refractivity contribution in [1.29, 1.82) is 0 Å². The zero-order chi connectivity index (χ0) is 12.4. The molecule has 0 radical (unpaired) electrons. The van der Waals surface area contributed by atoms with Crippen LogP contribution in [0.15, 0.2) is 0 Å². The number of hydrogen-bond donors (Lipinski definition) is 1. The van der Waals surface area contributed by atoms with E-state index in [1.807, 2.05) is 0 Å². The molecule has 1 unspecified atom stereocenters. The molecule has 1 amide bonds. The van der Waals surface area contributed by atoms with Gasteiger partial charge in [0.15, 0.2) is 0 Å². The fourth-order valence-corrected chi connectivity index (χ4v) is 3.24. The molecule has 17 heavy (non-hydrogen) atoms. The van der Waals surface area contributed by atoms with E-state index < -0.39 is 0 Å². The Kier molecular flexibility index (Phi) is 4.08. The number of nitrogens with zero attached hydrogens (tertiary/aromatic N) is 1. The molecule has 0 aromatic carbocycles. The van der Waals surface area contributed by atoms with Crippen LogP contribution in [0.5, 0.6) is 0 Å². The normalized spacial score (nSPS) is 34.7. The minimum absolute atomic E-state index is 0.0545. The molecule has 2 aliphatic rings. The molecule has 1 atom stereocenters. The largest absolute Gasteiger partial charge is 0.326 e. The highest BCUT2D eigenvalue weighted by molar-refractivity contribution is 5.84. The number of amides is 1. The lowest BCUT2D eigenvalue weighted by atomic mass is 9.84. The average molecular weight is 238 g/mol. The van der Waals surface area contributed by atoms with E-state index >= 15 is 0 Å². The zero-order valence-corrected chi connectivity index (χ0v) is 11.4. The Balaban J connectivity index is 1.90. The molecule has 0 aromatic heterocycles. The smallest absolute Gasteiger partial charge is 0.241 e. The third-order valence-electron chi connectivity index (χ3n) is 4.53. The highest BCUT2D eigenvalue weighted by Gasteiger charge is 2.37. The van der Waals surface area contributed by atoms with Crippen LogP contribution in [0.1, 0.15) is 52.9 Å². The average Bonchev–Trinajstić information content (AvgIpc) is 2.71. The van der Waals surface area contributed by atoms with Crippen molar-refractivity contribution in [2.45, 2.75) is 65.0 Å². The molecule has 2 rings (SSSR count). The monoisotopic (exact) mass is 238 g/mol. The van der Waals surface area contributed by atoms with Crippen LogP contribution in [0.2, 0.25) is 0 Å². The van der Waals surface area contributed by atoms with E-state index in [2.05, 4.69) is 31.0 Å². The SMILES string of the molecule is CCC1CCC(N2CNC(C(C)C)C2=O)CC1. The molecule has 0 spiro atoms. The van der Waals surface area contributed by atoms with E-state index in [1.165, 1.54) is 32.1 Å². The van der Waals surface area contributed by atoms with Gasteiger partial charge in [-0.2, -0.15) is 0 Å². The first-order valence-corrected chi connectivity index (χ1v) is 7.17. The van der Waals surface area contributed by atoms with Crippen LogP contribution >= 0.6 is 0 Å². The van der Waals surface area contributed by atoms with Crippen LogP contribution in [0.25, 0.3) is 0 Å². The van der Waals surface area contributed by atoms with Crippen LogP contribution in [0, 0.1) is 11.8 Å². The molecule has 1 heterocycles. The van der Waals surface area contributed by atoms with Crippen LogP contribution in [0.4, 0.5) is 0 Å². The van der Waals surface area contributed by atoms with Crippen molar-refractivity contribution in [1.82, 2.24) is 10.2 Å². The number of carbonyl (C=O) groups excluding carboxylic acids is 1. The second-order valence-electron chi connectivity index (χ2n) is 5.97. The van der Waals surface area contributed by atoms with Gasteiger partial charge in [-0.05, 0) is 37.5 Å². The molecule has 0 aromatic rings. The van der Waals surface area contributed by atoms with Gasteiger partial charge in [0.25, 0.3) is 0 Å². The van der Waals surface area contributed by atoms with E-state index in [9.17, 15) is 4.79 Å². The molecule has 1 aliphatic carbocycles. The maximum Gasteiger partial charge on any atom is 0.241 e. The first-order chi connectivity index (χ1) is 8.13. The Hall–Kier alpha value is -0.570. The summed E-state index contributed by atoms with van der Waals surface area (Å²) in [7, 11) is 0. The molecule has 3 heteroatoms. The van der Waals surface area contributed by atoms with Crippen LogP contribution < -0.4 is 5.32 Å². The van der Waals surface area contributed by atoms with Gasteiger partial charge in [-0.15, -0.1) is 0 Å². The second kappa shape index (κ2) is 5.38. The summed E-state index contributed by atoms with van der Waals surface area (Å²) in [5.74, 6) is 1.64. The van der Waals surface area contributed by atoms with E-state index in [4.69, 9.17) is 0 Å². The Morgan fingerprint density at radius 1 is 1.29 bits per heavy atom. The predicted octanol–water partition coefficient (Wildman–Crippen LogP) is 2.37. The van der Waals surface area contributed by atoms with Gasteiger partial charge in [0.1, 0.15) is 0 Å². The standard InChI is InChI=1S/C14H26N2O/c1-4-11-5-7-12(8-6-11)16-9-15-13(10(2)3)14(16)17/h10-13,15H,4-9H2,1-3H3. The Morgan fingerprint density at radius 2 is 1.94 bits per heavy atom. The van der Waals surface area contributed by atoms with Crippen molar-refractivity contribution in [3.8, 4) is 0 Å². The maximum atomic E-state index is 12.3. The molecular weight excluding hydrogens is 212 g/mol. The van der Waals surface area contributed by atoms with Crippen molar-refractivity contribution < 1.29 is 4.79 Å². The highest BCUT2D eigenvalue weighted by Crippen LogP contribution is 2.30. The van der Waals surface area contributed by atoms with E-state index in [0.717, 1.165) is 12.6 Å². The molecule has 1 N–H and O–H groups in total. The summed E-state index contributed by atoms with van der Waals surface area (Å²) >= 11 is 0. The Morgan fingerprint density at radius 3 is 2.41 bits per heavy atom. The minimum Gasteiger partial charge on any atom is -0.326 e. The summed E-state index contributed by atoms with van der Waals surface area (Å²) in [5, 5.41) is 3.35. The Bertz CT molecular complexity index is 269. The van der Waals surface area contributed by atoms with Crippen LogP contribution in [-0.2, 0) is 4.79 Å². The molecule has 1 saturated carbocycles. The summed E-state index contributed by atoms with van der Waals surface area (Å²) in [6.07, 6.45) is 6.32. The van der Waals surface area contributed by atoms with Gasteiger partial charge in [-0.3, -0.25) is 10.1 Å². The van der Waals surface area contributed by atoms with Crippen LogP contribution in [0.3, 0.4) is 0 Å². The lowest BCUT2D eigenvalue weighted by Gasteiger charge is -2.34. The first-order valence-electron chi connectivity index (χ1n) is 7.17. The quantitative estimate of drug-likeness (QED) is 0.818. The summed E-state index contributed by atoms with van der Waals surface area (Å²) in [6, 6.07) is 0.556. The third kappa shape index (κ3) is 2.65. The molecule has 98 valence electrons. The number of carbonyl (C=O) groups is 1. The number of nitrogens with one attached hydrogen (secondary N) is 1. The highest BCUT2D eigenvalue weighted by atomic mass is 16.2. The second-order valence-corrected chi connectivity index (χ2v) is 5.97. The van der Waals surface area contributed by atoms with Gasteiger partial charge >= 0.3 is 0 Å². The summed E-state index contributed by atoms with van der Waals surface area (Å²) in [4.78, 5) is 14.4. The van der Waals surface area contributed by atoms with Crippen molar-refractivity contribution in [2.75, 3.05) is 6.67 Å². The van der Waals surface area contributed by atoms with Crippen LogP contribution in [-0.4, -0.2) is 29.6 Å². The Labute approximate surface area is 105 Å². The fourth-order valence-electron chi connectivity index (χ4n) is 3.24. The van der Waals surface area contributed by atoms with Crippen molar-refractivity contribution >= 4 is 5.91 Å². The van der Waals surface area contributed by atoms with Gasteiger partial charge in [-0.25, -0.2) is 0 Å². The van der Waals surface area contributed by atoms with E-state index in [-0.39, 0.29) is 6.04 Å². The first kappa shape index (κ1) is 12.9. The fraction of sp³-hybridized carbons (Fsp3) is 0.929. The minimum atomic E-state index is 0.0545. The van der Waals surface area contributed by atoms with Gasteiger partial charge in [0.2, 0.25) is 5.91 Å². The molecule has 1 saturated heterocycles. The predicted molar refractivity (Wildman–Crippen MR) is 69.5 cm³/mol. The maximum absolute atomic E-state index is 12.3.